The van der Waals surface area contributed by atoms with Gasteiger partial charge in [-0.05, 0) is 36.8 Å². The second-order valence-corrected chi connectivity index (χ2v) is 4.65. The van der Waals surface area contributed by atoms with Crippen LogP contribution in [0.15, 0.2) is 48.5 Å². The van der Waals surface area contributed by atoms with E-state index in [9.17, 15) is 8.78 Å². The molecule has 2 aromatic rings. The molecule has 2 nitrogen and oxygen atoms in total. The van der Waals surface area contributed by atoms with Gasteiger partial charge in [0.15, 0.2) is 11.6 Å². The zero-order chi connectivity index (χ0) is 14.5. The van der Waals surface area contributed by atoms with Crippen LogP contribution in [0.4, 0.5) is 14.5 Å². The number of hydrogen-bond acceptors (Lipinski definition) is 2. The molecule has 1 atom stereocenters. The SMILES string of the molecule is CCN(CC(N)c1ccc(F)c(F)c1)c1ccccc1. The molecule has 0 heterocycles. The number of nitrogens with two attached hydrogens (primary N) is 1. The van der Waals surface area contributed by atoms with E-state index >= 15 is 0 Å². The van der Waals surface area contributed by atoms with E-state index in [0.29, 0.717) is 12.1 Å². The third kappa shape index (κ3) is 3.33. The number of hydrogen-bond donors (Lipinski definition) is 1. The normalized spacial score (nSPS) is 12.2. The van der Waals surface area contributed by atoms with Crippen molar-refractivity contribution in [3.63, 3.8) is 0 Å². The fourth-order valence-corrected chi connectivity index (χ4v) is 2.14. The van der Waals surface area contributed by atoms with Gasteiger partial charge in [-0.2, -0.15) is 0 Å². The summed E-state index contributed by atoms with van der Waals surface area (Å²) in [5.74, 6) is -1.71. The maximum absolute atomic E-state index is 13.2. The van der Waals surface area contributed by atoms with Crippen molar-refractivity contribution in [1.29, 1.82) is 0 Å². The Morgan fingerprint density at radius 3 is 2.35 bits per heavy atom. The van der Waals surface area contributed by atoms with Gasteiger partial charge in [-0.3, -0.25) is 0 Å². The number of rotatable bonds is 5. The molecule has 1 unspecified atom stereocenters. The Bertz CT molecular complexity index is 558. The zero-order valence-corrected chi connectivity index (χ0v) is 11.4. The lowest BCUT2D eigenvalue weighted by Gasteiger charge is -2.26. The van der Waals surface area contributed by atoms with Gasteiger partial charge in [0.25, 0.3) is 0 Å². The van der Waals surface area contributed by atoms with Crippen LogP contribution in [-0.4, -0.2) is 13.1 Å². The summed E-state index contributed by atoms with van der Waals surface area (Å²) in [6, 6.07) is 13.3. The predicted octanol–water partition coefficient (Wildman–Crippen LogP) is 3.49. The van der Waals surface area contributed by atoms with Crippen LogP contribution in [0.2, 0.25) is 0 Å². The number of para-hydroxylation sites is 1. The van der Waals surface area contributed by atoms with Crippen molar-refractivity contribution in [3.8, 4) is 0 Å². The minimum absolute atomic E-state index is 0.370. The van der Waals surface area contributed by atoms with Gasteiger partial charge in [0.1, 0.15) is 0 Å². The Balaban J connectivity index is 2.13. The first-order chi connectivity index (χ1) is 9.61. The molecular weight excluding hydrogens is 258 g/mol. The van der Waals surface area contributed by atoms with Crippen molar-refractivity contribution in [2.24, 2.45) is 5.73 Å². The van der Waals surface area contributed by atoms with Crippen LogP contribution in [0, 0.1) is 11.6 Å². The first kappa shape index (κ1) is 14.5. The maximum atomic E-state index is 13.2. The van der Waals surface area contributed by atoms with Crippen LogP contribution in [0.5, 0.6) is 0 Å². The van der Waals surface area contributed by atoms with Crippen molar-refractivity contribution in [2.45, 2.75) is 13.0 Å². The monoisotopic (exact) mass is 276 g/mol. The molecule has 2 N–H and O–H groups in total. The molecule has 0 amide bonds. The number of likely N-dealkylation sites (N-methyl/N-ethyl adjacent to an activating group) is 1. The van der Waals surface area contributed by atoms with Gasteiger partial charge < -0.3 is 10.6 Å². The lowest BCUT2D eigenvalue weighted by atomic mass is 10.1. The molecule has 106 valence electrons. The molecule has 4 heteroatoms. The Morgan fingerprint density at radius 1 is 1.05 bits per heavy atom. The van der Waals surface area contributed by atoms with E-state index in [1.54, 1.807) is 0 Å². The number of halogens is 2. The highest BCUT2D eigenvalue weighted by Gasteiger charge is 2.13. The van der Waals surface area contributed by atoms with Crippen molar-refractivity contribution in [2.75, 3.05) is 18.0 Å². The van der Waals surface area contributed by atoms with Gasteiger partial charge in [-0.25, -0.2) is 8.78 Å². The molecule has 0 aromatic heterocycles. The third-order valence-electron chi connectivity index (χ3n) is 3.29. The van der Waals surface area contributed by atoms with Crippen LogP contribution >= 0.6 is 0 Å². The van der Waals surface area contributed by atoms with Gasteiger partial charge in [-0.15, -0.1) is 0 Å². The summed E-state index contributed by atoms with van der Waals surface area (Å²) in [6.45, 7) is 3.37. The van der Waals surface area contributed by atoms with Crippen LogP contribution in [0.1, 0.15) is 18.5 Å². The molecule has 2 rings (SSSR count). The van der Waals surface area contributed by atoms with Crippen LogP contribution < -0.4 is 10.6 Å². The van der Waals surface area contributed by atoms with Crippen molar-refractivity contribution >= 4 is 5.69 Å². The molecule has 0 spiro atoms. The van der Waals surface area contributed by atoms with Gasteiger partial charge in [-0.1, -0.05) is 24.3 Å². The molecule has 0 saturated carbocycles. The van der Waals surface area contributed by atoms with Crippen molar-refractivity contribution < 1.29 is 8.78 Å². The number of nitrogens with zero attached hydrogens (tertiary/aromatic N) is 1. The summed E-state index contributed by atoms with van der Waals surface area (Å²) < 4.78 is 26.2. The largest absolute Gasteiger partial charge is 0.370 e. The molecule has 2 aromatic carbocycles. The molecule has 0 aliphatic heterocycles. The smallest absolute Gasteiger partial charge is 0.159 e. The molecule has 0 fully saturated rings. The molecule has 0 aliphatic rings. The van der Waals surface area contributed by atoms with Crippen molar-refractivity contribution in [3.05, 3.63) is 65.7 Å². The molecule has 0 saturated heterocycles. The van der Waals surface area contributed by atoms with E-state index in [4.69, 9.17) is 5.73 Å². The Kier molecular flexibility index (Phi) is 4.69. The van der Waals surface area contributed by atoms with E-state index in [0.717, 1.165) is 18.3 Å². The van der Waals surface area contributed by atoms with Gasteiger partial charge in [0, 0.05) is 24.8 Å². The summed E-state index contributed by atoms with van der Waals surface area (Å²) in [4.78, 5) is 2.10. The molecule has 20 heavy (non-hydrogen) atoms. The lowest BCUT2D eigenvalue weighted by molar-refractivity contribution is 0.505. The first-order valence-electron chi connectivity index (χ1n) is 6.62. The van der Waals surface area contributed by atoms with E-state index in [-0.39, 0.29) is 6.04 Å². The van der Waals surface area contributed by atoms with E-state index < -0.39 is 11.6 Å². The quantitative estimate of drug-likeness (QED) is 0.905. The van der Waals surface area contributed by atoms with Crippen LogP contribution in [0.3, 0.4) is 0 Å². The fraction of sp³-hybridized carbons (Fsp3) is 0.250. The Morgan fingerprint density at radius 2 is 1.75 bits per heavy atom. The molecular formula is C16H18F2N2. The Hall–Kier alpha value is -1.94. The molecule has 0 aliphatic carbocycles. The van der Waals surface area contributed by atoms with E-state index in [1.165, 1.54) is 12.1 Å². The number of benzene rings is 2. The van der Waals surface area contributed by atoms with E-state index in [1.807, 2.05) is 37.3 Å². The molecule has 0 bridgehead atoms. The summed E-state index contributed by atoms with van der Waals surface area (Å²) in [7, 11) is 0. The summed E-state index contributed by atoms with van der Waals surface area (Å²) in [6.07, 6.45) is 0. The Labute approximate surface area is 117 Å². The van der Waals surface area contributed by atoms with Gasteiger partial charge in [0.05, 0.1) is 0 Å². The second kappa shape index (κ2) is 6.48. The lowest BCUT2D eigenvalue weighted by Crippen LogP contribution is -2.32. The highest BCUT2D eigenvalue weighted by molar-refractivity contribution is 5.46. The highest BCUT2D eigenvalue weighted by atomic mass is 19.2. The standard InChI is InChI=1S/C16H18F2N2/c1-2-20(13-6-4-3-5-7-13)11-16(19)12-8-9-14(17)15(18)10-12/h3-10,16H,2,11,19H2,1H3. The summed E-state index contributed by atoms with van der Waals surface area (Å²) >= 11 is 0. The van der Waals surface area contributed by atoms with Crippen molar-refractivity contribution in [1.82, 2.24) is 0 Å². The number of anilines is 1. The maximum Gasteiger partial charge on any atom is 0.159 e. The predicted molar refractivity (Wildman–Crippen MR) is 77.6 cm³/mol. The topological polar surface area (TPSA) is 29.3 Å². The van der Waals surface area contributed by atoms with Crippen LogP contribution in [0.25, 0.3) is 0 Å². The minimum atomic E-state index is -0.860. The van der Waals surface area contributed by atoms with Gasteiger partial charge >= 0.3 is 0 Å². The molecule has 0 radical (unpaired) electrons. The average Bonchev–Trinajstić information content (AvgIpc) is 2.48. The summed E-state index contributed by atoms with van der Waals surface area (Å²) in [5, 5.41) is 0. The second-order valence-electron chi connectivity index (χ2n) is 4.65. The van der Waals surface area contributed by atoms with Crippen LogP contribution in [-0.2, 0) is 0 Å². The first-order valence-corrected chi connectivity index (χ1v) is 6.62. The highest BCUT2D eigenvalue weighted by Crippen LogP contribution is 2.19. The van der Waals surface area contributed by atoms with E-state index in [2.05, 4.69) is 4.90 Å². The summed E-state index contributed by atoms with van der Waals surface area (Å²) in [5.41, 5.74) is 7.76. The third-order valence-corrected chi connectivity index (χ3v) is 3.29. The van der Waals surface area contributed by atoms with Gasteiger partial charge in [0.2, 0.25) is 0 Å². The average molecular weight is 276 g/mol. The zero-order valence-electron chi connectivity index (χ0n) is 11.4. The fourth-order valence-electron chi connectivity index (χ4n) is 2.14. The minimum Gasteiger partial charge on any atom is -0.370 e.